The number of rotatable bonds is 6. The standard InChI is InChI=1S/C13H19N/c1-2-11-14-12-7-6-10-13-8-4-3-5-9-13/h3-6,8-10,14H,2,7,11-12H2,1H3. The molecular formula is C13H19N. The van der Waals surface area contributed by atoms with Gasteiger partial charge in [-0.1, -0.05) is 49.4 Å². The normalized spacial score (nSPS) is 10.9. The molecule has 0 aliphatic carbocycles. The van der Waals surface area contributed by atoms with Gasteiger partial charge in [-0.15, -0.1) is 0 Å². The van der Waals surface area contributed by atoms with Crippen LogP contribution in [0.15, 0.2) is 36.4 Å². The third-order valence-electron chi connectivity index (χ3n) is 2.02. The molecule has 14 heavy (non-hydrogen) atoms. The molecule has 0 heterocycles. The highest BCUT2D eigenvalue weighted by atomic mass is 14.8. The van der Waals surface area contributed by atoms with Gasteiger partial charge in [-0.2, -0.15) is 0 Å². The molecule has 1 N–H and O–H groups in total. The Hall–Kier alpha value is -1.08. The van der Waals surface area contributed by atoms with Crippen molar-refractivity contribution in [3.63, 3.8) is 0 Å². The molecule has 1 nitrogen and oxygen atoms in total. The van der Waals surface area contributed by atoms with Gasteiger partial charge in [-0.25, -0.2) is 0 Å². The second kappa shape index (κ2) is 7.34. The van der Waals surface area contributed by atoms with Crippen molar-refractivity contribution in [3.8, 4) is 0 Å². The van der Waals surface area contributed by atoms with Crippen LogP contribution >= 0.6 is 0 Å². The molecule has 0 aliphatic rings. The van der Waals surface area contributed by atoms with E-state index in [2.05, 4.69) is 48.7 Å². The van der Waals surface area contributed by atoms with Gasteiger partial charge in [0.25, 0.3) is 0 Å². The van der Waals surface area contributed by atoms with Crippen molar-refractivity contribution in [1.82, 2.24) is 5.32 Å². The van der Waals surface area contributed by atoms with Crippen LogP contribution in [0.1, 0.15) is 25.3 Å². The van der Waals surface area contributed by atoms with Crippen LogP contribution in [-0.4, -0.2) is 13.1 Å². The molecule has 0 spiro atoms. The van der Waals surface area contributed by atoms with Gasteiger partial charge in [0, 0.05) is 0 Å². The Morgan fingerprint density at radius 1 is 1.14 bits per heavy atom. The summed E-state index contributed by atoms with van der Waals surface area (Å²) in [6.07, 6.45) is 6.71. The van der Waals surface area contributed by atoms with Gasteiger partial charge in [-0.3, -0.25) is 0 Å². The molecule has 0 atom stereocenters. The van der Waals surface area contributed by atoms with E-state index in [1.165, 1.54) is 12.0 Å². The van der Waals surface area contributed by atoms with Crippen LogP contribution in [-0.2, 0) is 0 Å². The third-order valence-corrected chi connectivity index (χ3v) is 2.02. The Bertz CT molecular complexity index is 251. The fraction of sp³-hybridized carbons (Fsp3) is 0.385. The van der Waals surface area contributed by atoms with E-state index < -0.39 is 0 Å². The lowest BCUT2D eigenvalue weighted by molar-refractivity contribution is 0.679. The second-order valence-electron chi connectivity index (χ2n) is 3.35. The Labute approximate surface area is 86.8 Å². The van der Waals surface area contributed by atoms with Crippen LogP contribution in [0.4, 0.5) is 0 Å². The summed E-state index contributed by atoms with van der Waals surface area (Å²) in [6, 6.07) is 10.4. The van der Waals surface area contributed by atoms with Crippen LogP contribution in [0.3, 0.4) is 0 Å². The highest BCUT2D eigenvalue weighted by Gasteiger charge is 1.83. The van der Waals surface area contributed by atoms with Crippen molar-refractivity contribution in [2.24, 2.45) is 0 Å². The summed E-state index contributed by atoms with van der Waals surface area (Å²) in [7, 11) is 0. The monoisotopic (exact) mass is 189 g/mol. The van der Waals surface area contributed by atoms with Crippen LogP contribution in [0.25, 0.3) is 6.08 Å². The van der Waals surface area contributed by atoms with Crippen molar-refractivity contribution in [2.75, 3.05) is 13.1 Å². The molecule has 76 valence electrons. The zero-order valence-electron chi connectivity index (χ0n) is 8.87. The molecule has 1 aromatic rings. The third kappa shape index (κ3) is 4.83. The largest absolute Gasteiger partial charge is 0.316 e. The van der Waals surface area contributed by atoms with E-state index >= 15 is 0 Å². The lowest BCUT2D eigenvalue weighted by Gasteiger charge is -1.98. The lowest BCUT2D eigenvalue weighted by Crippen LogP contribution is -2.14. The summed E-state index contributed by atoms with van der Waals surface area (Å²) in [4.78, 5) is 0. The molecule has 1 heteroatoms. The quantitative estimate of drug-likeness (QED) is 0.678. The zero-order chi connectivity index (χ0) is 10.1. The van der Waals surface area contributed by atoms with Gasteiger partial charge in [0.1, 0.15) is 0 Å². The predicted octanol–water partition coefficient (Wildman–Crippen LogP) is 3.09. The average Bonchev–Trinajstić information content (AvgIpc) is 2.25. The first-order valence-corrected chi connectivity index (χ1v) is 5.36. The van der Waals surface area contributed by atoms with Crippen LogP contribution in [0.5, 0.6) is 0 Å². The zero-order valence-corrected chi connectivity index (χ0v) is 8.87. The summed E-state index contributed by atoms with van der Waals surface area (Å²) in [5.74, 6) is 0. The van der Waals surface area contributed by atoms with Crippen molar-refractivity contribution in [3.05, 3.63) is 42.0 Å². The maximum Gasteiger partial charge on any atom is -0.00142 e. The average molecular weight is 189 g/mol. The second-order valence-corrected chi connectivity index (χ2v) is 3.35. The highest BCUT2D eigenvalue weighted by molar-refractivity contribution is 5.48. The van der Waals surface area contributed by atoms with Gasteiger partial charge in [0.15, 0.2) is 0 Å². The maximum atomic E-state index is 3.37. The Kier molecular flexibility index (Phi) is 5.76. The van der Waals surface area contributed by atoms with E-state index in [0.717, 1.165) is 19.5 Å². The van der Waals surface area contributed by atoms with Gasteiger partial charge in [-0.05, 0) is 31.5 Å². The van der Waals surface area contributed by atoms with E-state index in [9.17, 15) is 0 Å². The van der Waals surface area contributed by atoms with Crippen molar-refractivity contribution < 1.29 is 0 Å². The minimum Gasteiger partial charge on any atom is -0.316 e. The van der Waals surface area contributed by atoms with E-state index in [4.69, 9.17) is 0 Å². The molecular weight excluding hydrogens is 170 g/mol. The fourth-order valence-electron chi connectivity index (χ4n) is 1.27. The predicted molar refractivity (Wildman–Crippen MR) is 63.3 cm³/mol. The Morgan fingerprint density at radius 3 is 2.64 bits per heavy atom. The molecule has 0 unspecified atom stereocenters. The van der Waals surface area contributed by atoms with Crippen LogP contribution in [0.2, 0.25) is 0 Å². The number of benzene rings is 1. The molecule has 0 amide bonds. The summed E-state index contributed by atoms with van der Waals surface area (Å²) >= 11 is 0. The first-order chi connectivity index (χ1) is 6.93. The molecule has 0 radical (unpaired) electrons. The van der Waals surface area contributed by atoms with Crippen molar-refractivity contribution in [2.45, 2.75) is 19.8 Å². The van der Waals surface area contributed by atoms with Crippen molar-refractivity contribution in [1.29, 1.82) is 0 Å². The molecule has 0 fully saturated rings. The Balaban J connectivity index is 2.15. The summed E-state index contributed by atoms with van der Waals surface area (Å²) in [5.41, 5.74) is 1.28. The molecule has 1 aromatic carbocycles. The van der Waals surface area contributed by atoms with Gasteiger partial charge < -0.3 is 5.32 Å². The topological polar surface area (TPSA) is 12.0 Å². The summed E-state index contributed by atoms with van der Waals surface area (Å²) in [5, 5.41) is 3.37. The van der Waals surface area contributed by atoms with E-state index in [1.807, 2.05) is 6.07 Å². The first-order valence-electron chi connectivity index (χ1n) is 5.36. The molecule has 0 aliphatic heterocycles. The Morgan fingerprint density at radius 2 is 1.93 bits per heavy atom. The van der Waals surface area contributed by atoms with E-state index in [0.29, 0.717) is 0 Å². The van der Waals surface area contributed by atoms with E-state index in [1.54, 1.807) is 0 Å². The number of hydrogen-bond donors (Lipinski definition) is 1. The summed E-state index contributed by atoms with van der Waals surface area (Å²) in [6.45, 7) is 4.39. The molecule has 0 aromatic heterocycles. The van der Waals surface area contributed by atoms with Crippen LogP contribution in [0, 0.1) is 0 Å². The molecule has 0 bridgehead atoms. The number of hydrogen-bond acceptors (Lipinski definition) is 1. The molecule has 1 rings (SSSR count). The lowest BCUT2D eigenvalue weighted by atomic mass is 10.2. The van der Waals surface area contributed by atoms with E-state index in [-0.39, 0.29) is 0 Å². The SMILES string of the molecule is CCCNCCC=Cc1ccccc1. The minimum atomic E-state index is 1.08. The fourth-order valence-corrected chi connectivity index (χ4v) is 1.27. The van der Waals surface area contributed by atoms with Crippen molar-refractivity contribution >= 4 is 6.08 Å². The van der Waals surface area contributed by atoms with Gasteiger partial charge >= 0.3 is 0 Å². The van der Waals surface area contributed by atoms with Crippen LogP contribution < -0.4 is 5.32 Å². The first kappa shape index (κ1) is 11.0. The van der Waals surface area contributed by atoms with Gasteiger partial charge in [0.05, 0.1) is 0 Å². The molecule has 0 saturated carbocycles. The molecule has 0 saturated heterocycles. The smallest absolute Gasteiger partial charge is 0.00142 e. The number of nitrogens with one attached hydrogen (secondary N) is 1. The minimum absolute atomic E-state index is 1.08. The maximum absolute atomic E-state index is 3.37. The van der Waals surface area contributed by atoms with Gasteiger partial charge in [0.2, 0.25) is 0 Å². The highest BCUT2D eigenvalue weighted by Crippen LogP contribution is 2.01. The summed E-state index contributed by atoms with van der Waals surface area (Å²) < 4.78 is 0.